The molecule has 0 aromatic carbocycles. The van der Waals surface area contributed by atoms with E-state index in [-0.39, 0.29) is 5.91 Å². The summed E-state index contributed by atoms with van der Waals surface area (Å²) < 4.78 is 1.96. The topological polar surface area (TPSA) is 34.5 Å². The van der Waals surface area contributed by atoms with Crippen molar-refractivity contribution in [1.29, 1.82) is 0 Å². The summed E-state index contributed by atoms with van der Waals surface area (Å²) in [5, 5.41) is 2.19. The van der Waals surface area contributed by atoms with Crippen LogP contribution in [0.3, 0.4) is 0 Å². The van der Waals surface area contributed by atoms with Crippen LogP contribution in [0.2, 0.25) is 0 Å². The van der Waals surface area contributed by atoms with Crippen LogP contribution in [0.15, 0.2) is 24.5 Å². The number of hydroxylamine groups is 2. The van der Waals surface area contributed by atoms with Gasteiger partial charge >= 0.3 is 0 Å². The maximum atomic E-state index is 12.3. The third kappa shape index (κ3) is 2.07. The van der Waals surface area contributed by atoms with Crippen molar-refractivity contribution in [2.75, 3.05) is 14.2 Å². The minimum absolute atomic E-state index is 0.122. The van der Waals surface area contributed by atoms with Crippen molar-refractivity contribution < 1.29 is 9.63 Å². The quantitative estimate of drug-likeness (QED) is 0.799. The molecule has 0 N–H and O–H groups in total. The van der Waals surface area contributed by atoms with Crippen LogP contribution in [0.5, 0.6) is 0 Å². The normalized spacial score (nSPS) is 10.7. The van der Waals surface area contributed by atoms with Crippen LogP contribution in [-0.4, -0.2) is 29.7 Å². The highest BCUT2D eigenvalue weighted by molar-refractivity contribution is 7.15. The Morgan fingerprint density at radius 2 is 1.94 bits per heavy atom. The van der Waals surface area contributed by atoms with E-state index in [0.717, 1.165) is 15.4 Å². The highest BCUT2D eigenvalue weighted by Crippen LogP contribution is 2.31. The summed E-state index contributed by atoms with van der Waals surface area (Å²) in [5.41, 5.74) is 1.72. The van der Waals surface area contributed by atoms with Gasteiger partial charge in [0.05, 0.1) is 12.7 Å². The first-order valence-electron chi connectivity index (χ1n) is 5.61. The Balaban J connectivity index is 2.55. The SMILES string of the molecule is CON(C)C(=O)c1c(-n2cccc2)sc(C)c1C. The zero-order chi connectivity index (χ0) is 13.3. The first-order chi connectivity index (χ1) is 8.56. The van der Waals surface area contributed by atoms with Crippen LogP contribution in [0.1, 0.15) is 20.8 Å². The summed E-state index contributed by atoms with van der Waals surface area (Å²) >= 11 is 1.61. The number of aryl methyl sites for hydroxylation is 1. The van der Waals surface area contributed by atoms with E-state index in [9.17, 15) is 4.79 Å². The molecule has 0 saturated carbocycles. The first-order valence-corrected chi connectivity index (χ1v) is 6.43. The number of nitrogens with zero attached hydrogens (tertiary/aromatic N) is 2. The molecule has 0 aliphatic heterocycles. The number of carbonyl (C=O) groups is 1. The molecule has 2 aromatic rings. The molecule has 0 radical (unpaired) electrons. The fraction of sp³-hybridized carbons (Fsp3) is 0.308. The Labute approximate surface area is 110 Å². The standard InChI is InChI=1S/C13H16N2O2S/c1-9-10(2)18-13(15-7-5-6-8-15)11(9)12(16)14(3)17-4/h5-8H,1-4H3. The number of hydrogen-bond donors (Lipinski definition) is 0. The van der Waals surface area contributed by atoms with Crippen molar-refractivity contribution in [3.8, 4) is 5.00 Å². The zero-order valence-electron chi connectivity index (χ0n) is 10.9. The molecule has 4 nitrogen and oxygen atoms in total. The highest BCUT2D eigenvalue weighted by Gasteiger charge is 2.23. The molecule has 18 heavy (non-hydrogen) atoms. The van der Waals surface area contributed by atoms with Crippen LogP contribution in [-0.2, 0) is 4.84 Å². The van der Waals surface area contributed by atoms with Gasteiger partial charge in [0.25, 0.3) is 5.91 Å². The molecule has 0 saturated heterocycles. The van der Waals surface area contributed by atoms with Gasteiger partial charge in [0, 0.05) is 24.3 Å². The molecule has 0 bridgehead atoms. The maximum absolute atomic E-state index is 12.3. The first kappa shape index (κ1) is 12.9. The molecule has 2 heterocycles. The maximum Gasteiger partial charge on any atom is 0.280 e. The lowest BCUT2D eigenvalue weighted by molar-refractivity contribution is -0.0757. The summed E-state index contributed by atoms with van der Waals surface area (Å²) in [6.07, 6.45) is 3.88. The van der Waals surface area contributed by atoms with Crippen molar-refractivity contribution in [2.24, 2.45) is 0 Å². The molecule has 0 aliphatic rings. The second kappa shape index (κ2) is 4.96. The lowest BCUT2D eigenvalue weighted by Gasteiger charge is -2.15. The predicted octanol–water partition coefficient (Wildman–Crippen LogP) is 2.79. The molecule has 1 amide bonds. The van der Waals surface area contributed by atoms with Gasteiger partial charge in [0.2, 0.25) is 0 Å². The molecular weight excluding hydrogens is 248 g/mol. The zero-order valence-corrected chi connectivity index (χ0v) is 11.7. The third-order valence-electron chi connectivity index (χ3n) is 2.98. The van der Waals surface area contributed by atoms with Crippen LogP contribution in [0.4, 0.5) is 0 Å². The van der Waals surface area contributed by atoms with Crippen molar-refractivity contribution >= 4 is 17.2 Å². The predicted molar refractivity (Wildman–Crippen MR) is 72.2 cm³/mol. The molecule has 0 atom stereocenters. The largest absolute Gasteiger partial charge is 0.315 e. The number of carbonyl (C=O) groups excluding carboxylic acids is 1. The van der Waals surface area contributed by atoms with E-state index in [1.165, 1.54) is 12.2 Å². The average molecular weight is 264 g/mol. The summed E-state index contributed by atoms with van der Waals surface area (Å²) in [5.74, 6) is -0.122. The number of thiophene rings is 1. The van der Waals surface area contributed by atoms with E-state index in [1.54, 1.807) is 18.4 Å². The van der Waals surface area contributed by atoms with Gasteiger partial charge in [-0.25, -0.2) is 5.06 Å². The van der Waals surface area contributed by atoms with Crippen molar-refractivity contribution in [3.63, 3.8) is 0 Å². The highest BCUT2D eigenvalue weighted by atomic mass is 32.1. The van der Waals surface area contributed by atoms with E-state index < -0.39 is 0 Å². The van der Waals surface area contributed by atoms with E-state index in [4.69, 9.17) is 4.84 Å². The van der Waals surface area contributed by atoms with E-state index in [2.05, 4.69) is 0 Å². The van der Waals surface area contributed by atoms with Crippen LogP contribution < -0.4 is 0 Å². The Morgan fingerprint density at radius 3 is 2.50 bits per heavy atom. The number of rotatable bonds is 3. The molecule has 5 heteroatoms. The fourth-order valence-electron chi connectivity index (χ4n) is 1.75. The van der Waals surface area contributed by atoms with Gasteiger partial charge in [-0.3, -0.25) is 9.63 Å². The van der Waals surface area contributed by atoms with E-state index in [1.807, 2.05) is 42.9 Å². The van der Waals surface area contributed by atoms with E-state index in [0.29, 0.717) is 5.56 Å². The third-order valence-corrected chi connectivity index (χ3v) is 4.20. The van der Waals surface area contributed by atoms with Gasteiger partial charge in [0.1, 0.15) is 5.00 Å². The molecule has 0 fully saturated rings. The Hall–Kier alpha value is -1.59. The molecule has 0 aliphatic carbocycles. The average Bonchev–Trinajstić information content (AvgIpc) is 2.97. The van der Waals surface area contributed by atoms with Crippen LogP contribution in [0, 0.1) is 13.8 Å². The lowest BCUT2D eigenvalue weighted by Crippen LogP contribution is -2.26. The molecule has 2 rings (SSSR count). The second-order valence-electron chi connectivity index (χ2n) is 4.04. The molecule has 2 aromatic heterocycles. The van der Waals surface area contributed by atoms with Crippen molar-refractivity contribution in [3.05, 3.63) is 40.5 Å². The van der Waals surface area contributed by atoms with Gasteiger partial charge < -0.3 is 4.57 Å². The monoisotopic (exact) mass is 264 g/mol. The summed E-state index contributed by atoms with van der Waals surface area (Å²) in [7, 11) is 3.11. The molecule has 0 unspecified atom stereocenters. The Bertz CT molecular complexity index is 558. The molecule has 0 spiro atoms. The molecule has 96 valence electrons. The Kier molecular flexibility index (Phi) is 3.54. The summed E-state index contributed by atoms with van der Waals surface area (Å²) in [6, 6.07) is 3.89. The second-order valence-corrected chi connectivity index (χ2v) is 5.24. The minimum atomic E-state index is -0.122. The number of hydrogen-bond acceptors (Lipinski definition) is 3. The van der Waals surface area contributed by atoms with Gasteiger partial charge in [-0.2, -0.15) is 0 Å². The van der Waals surface area contributed by atoms with Gasteiger partial charge in [0.15, 0.2) is 0 Å². The summed E-state index contributed by atoms with van der Waals surface area (Å²) in [6.45, 7) is 3.99. The fourth-order valence-corrected chi connectivity index (χ4v) is 2.87. The van der Waals surface area contributed by atoms with Gasteiger partial charge in [-0.1, -0.05) is 0 Å². The molecular formula is C13H16N2O2S. The van der Waals surface area contributed by atoms with Gasteiger partial charge in [-0.05, 0) is 31.5 Å². The minimum Gasteiger partial charge on any atom is -0.315 e. The number of amides is 1. The van der Waals surface area contributed by atoms with Gasteiger partial charge in [-0.15, -0.1) is 11.3 Å². The smallest absolute Gasteiger partial charge is 0.280 e. The van der Waals surface area contributed by atoms with Crippen molar-refractivity contribution in [2.45, 2.75) is 13.8 Å². The van der Waals surface area contributed by atoms with E-state index >= 15 is 0 Å². The summed E-state index contributed by atoms with van der Waals surface area (Å²) in [4.78, 5) is 18.4. The number of aromatic nitrogens is 1. The van der Waals surface area contributed by atoms with Crippen molar-refractivity contribution in [1.82, 2.24) is 9.63 Å². The Morgan fingerprint density at radius 1 is 1.33 bits per heavy atom. The lowest BCUT2D eigenvalue weighted by atomic mass is 10.1. The van der Waals surface area contributed by atoms with Crippen LogP contribution >= 0.6 is 11.3 Å². The van der Waals surface area contributed by atoms with Crippen LogP contribution in [0.25, 0.3) is 5.00 Å².